The van der Waals surface area contributed by atoms with Crippen LogP contribution in [-0.2, 0) is 4.79 Å². The number of halogens is 2. The van der Waals surface area contributed by atoms with Crippen molar-refractivity contribution in [3.63, 3.8) is 0 Å². The summed E-state index contributed by atoms with van der Waals surface area (Å²) < 4.78 is 13.1. The van der Waals surface area contributed by atoms with Crippen LogP contribution in [0.3, 0.4) is 0 Å². The predicted molar refractivity (Wildman–Crippen MR) is 131 cm³/mol. The van der Waals surface area contributed by atoms with Gasteiger partial charge in [-0.2, -0.15) is 9.78 Å². The number of rotatable bonds is 8. The van der Waals surface area contributed by atoms with E-state index in [0.717, 1.165) is 4.47 Å². The second-order valence-corrected chi connectivity index (χ2v) is 8.83. The van der Waals surface area contributed by atoms with Gasteiger partial charge in [0.1, 0.15) is 5.82 Å². The molecule has 3 aromatic rings. The number of carbonyl (C=O) groups is 1. The molecule has 0 fully saturated rings. The van der Waals surface area contributed by atoms with Gasteiger partial charge in [-0.3, -0.25) is 4.79 Å². The van der Waals surface area contributed by atoms with Gasteiger partial charge in [-0.15, -0.1) is 0 Å². The minimum absolute atomic E-state index is 0.0567. The van der Waals surface area contributed by atoms with Crippen LogP contribution in [-0.4, -0.2) is 39.7 Å². The molecular weight excluding hydrogens is 514 g/mol. The molecule has 2 aromatic carbocycles. The molecule has 8 nitrogen and oxygen atoms in total. The zero-order chi connectivity index (χ0) is 24.3. The molecule has 174 valence electrons. The van der Waals surface area contributed by atoms with Gasteiger partial charge in [0.15, 0.2) is 17.6 Å². The van der Waals surface area contributed by atoms with E-state index in [9.17, 15) is 9.59 Å². The largest absolute Gasteiger partial charge is 0.490 e. The van der Waals surface area contributed by atoms with Gasteiger partial charge in [0, 0.05) is 10.4 Å². The summed E-state index contributed by atoms with van der Waals surface area (Å²) >= 11 is 9.75. The number of nitrogens with zero attached hydrogens (tertiary/aromatic N) is 3. The van der Waals surface area contributed by atoms with Gasteiger partial charge in [0.2, 0.25) is 0 Å². The van der Waals surface area contributed by atoms with E-state index in [1.807, 2.05) is 19.9 Å². The van der Waals surface area contributed by atoms with Crippen LogP contribution in [0.5, 0.6) is 11.5 Å². The molecule has 0 amide bonds. The van der Waals surface area contributed by atoms with E-state index < -0.39 is 12.1 Å². The van der Waals surface area contributed by atoms with Gasteiger partial charge >= 0.3 is 5.97 Å². The van der Waals surface area contributed by atoms with Crippen molar-refractivity contribution in [1.82, 2.24) is 9.66 Å². The van der Waals surface area contributed by atoms with Gasteiger partial charge in [-0.05, 0) is 49.7 Å². The summed E-state index contributed by atoms with van der Waals surface area (Å²) in [7, 11) is 0. The number of aliphatic carboxylic acids is 1. The van der Waals surface area contributed by atoms with Gasteiger partial charge in [-0.1, -0.05) is 41.4 Å². The molecule has 0 radical (unpaired) electrons. The fourth-order valence-corrected chi connectivity index (χ4v) is 3.67. The minimum Gasteiger partial charge on any atom is -0.490 e. The molecule has 0 aliphatic heterocycles. The van der Waals surface area contributed by atoms with Crippen molar-refractivity contribution in [2.24, 2.45) is 5.10 Å². The third-order valence-electron chi connectivity index (χ3n) is 4.65. The zero-order valence-corrected chi connectivity index (χ0v) is 20.8. The molecule has 0 aliphatic rings. The number of fused-ring (bicyclic) bond motifs is 1. The highest BCUT2D eigenvalue weighted by Crippen LogP contribution is 2.37. The first-order valence-corrected chi connectivity index (χ1v) is 11.4. The maximum atomic E-state index is 13.2. The predicted octanol–water partition coefficient (Wildman–Crippen LogP) is 5.07. The third-order valence-corrected chi connectivity index (χ3v) is 5.42. The summed E-state index contributed by atoms with van der Waals surface area (Å²) in [6.07, 6.45) is 0.355. The number of carboxylic acids is 1. The van der Waals surface area contributed by atoms with Crippen LogP contribution in [0.1, 0.15) is 45.0 Å². The van der Waals surface area contributed by atoms with E-state index in [2.05, 4.69) is 26.0 Å². The Bertz CT molecular complexity index is 1290. The highest BCUT2D eigenvalue weighted by Gasteiger charge is 2.19. The first-order chi connectivity index (χ1) is 15.6. The average Bonchev–Trinajstić information content (AvgIpc) is 2.75. The standard InChI is InChI=1S/C23H23BrClN3O5/c1-5-32-19-9-14(8-17(25)20(19)33-13(4)23(30)31)11-26-28-21(12(2)3)27-18-7-6-15(24)10-16(18)22(28)29/h6-13H,5H2,1-4H3,(H,30,31)/t13-/m1/s1. The second-order valence-electron chi connectivity index (χ2n) is 7.51. The first-order valence-electron chi connectivity index (χ1n) is 10.2. The average molecular weight is 537 g/mol. The van der Waals surface area contributed by atoms with Crippen LogP contribution in [0.2, 0.25) is 5.02 Å². The molecule has 1 atom stereocenters. The van der Waals surface area contributed by atoms with Gasteiger partial charge < -0.3 is 14.6 Å². The van der Waals surface area contributed by atoms with E-state index in [-0.39, 0.29) is 28.0 Å². The summed E-state index contributed by atoms with van der Waals surface area (Å²) in [4.78, 5) is 29.0. The van der Waals surface area contributed by atoms with Crippen LogP contribution in [0.15, 0.2) is 44.7 Å². The number of hydrogen-bond donors (Lipinski definition) is 1. The lowest BCUT2D eigenvalue weighted by Crippen LogP contribution is -2.23. The fraction of sp³-hybridized carbons (Fsp3) is 0.304. The van der Waals surface area contributed by atoms with E-state index in [1.54, 1.807) is 31.2 Å². The Kier molecular flexibility index (Phi) is 7.76. The molecular formula is C23H23BrClN3O5. The molecule has 0 spiro atoms. The maximum Gasteiger partial charge on any atom is 0.344 e. The molecule has 33 heavy (non-hydrogen) atoms. The van der Waals surface area contributed by atoms with Crippen LogP contribution < -0.4 is 15.0 Å². The lowest BCUT2D eigenvalue weighted by atomic mass is 10.2. The van der Waals surface area contributed by atoms with Crippen molar-refractivity contribution in [1.29, 1.82) is 0 Å². The Morgan fingerprint density at radius 1 is 1.30 bits per heavy atom. The zero-order valence-electron chi connectivity index (χ0n) is 18.5. The van der Waals surface area contributed by atoms with E-state index in [4.69, 9.17) is 26.2 Å². The van der Waals surface area contributed by atoms with Crippen molar-refractivity contribution in [2.45, 2.75) is 39.7 Å². The molecule has 3 rings (SSSR count). The van der Waals surface area contributed by atoms with Crippen molar-refractivity contribution < 1.29 is 19.4 Å². The minimum atomic E-state index is -1.13. The quantitative estimate of drug-likeness (QED) is 0.403. The van der Waals surface area contributed by atoms with E-state index >= 15 is 0 Å². The lowest BCUT2D eigenvalue weighted by molar-refractivity contribution is -0.144. The van der Waals surface area contributed by atoms with Gasteiger partial charge in [0.05, 0.1) is 28.7 Å². The Labute approximate surface area is 203 Å². The van der Waals surface area contributed by atoms with Crippen molar-refractivity contribution in [3.05, 3.63) is 61.6 Å². The van der Waals surface area contributed by atoms with Crippen LogP contribution in [0, 0.1) is 0 Å². The van der Waals surface area contributed by atoms with E-state index in [0.29, 0.717) is 28.9 Å². The molecule has 0 bridgehead atoms. The summed E-state index contributed by atoms with van der Waals surface area (Å²) in [6, 6.07) is 8.50. The Morgan fingerprint density at radius 3 is 2.67 bits per heavy atom. The number of benzene rings is 2. The second kappa shape index (κ2) is 10.4. The number of ether oxygens (including phenoxy) is 2. The van der Waals surface area contributed by atoms with E-state index in [1.165, 1.54) is 17.8 Å². The van der Waals surface area contributed by atoms with Crippen LogP contribution >= 0.6 is 27.5 Å². The first kappa shape index (κ1) is 24.7. The summed E-state index contributed by atoms with van der Waals surface area (Å²) in [5.74, 6) is -0.272. The molecule has 10 heteroatoms. The third kappa shape index (κ3) is 5.54. The van der Waals surface area contributed by atoms with Gasteiger partial charge in [-0.25, -0.2) is 9.78 Å². The highest BCUT2D eigenvalue weighted by atomic mass is 79.9. The molecule has 1 N–H and O–H groups in total. The smallest absolute Gasteiger partial charge is 0.344 e. The molecule has 0 unspecified atom stereocenters. The van der Waals surface area contributed by atoms with Crippen molar-refractivity contribution in [2.75, 3.05) is 6.61 Å². The monoisotopic (exact) mass is 535 g/mol. The summed E-state index contributed by atoms with van der Waals surface area (Å²) in [5, 5.41) is 14.1. The molecule has 1 heterocycles. The summed E-state index contributed by atoms with van der Waals surface area (Å²) in [5.41, 5.74) is 0.830. The topological polar surface area (TPSA) is 103 Å². The maximum absolute atomic E-state index is 13.2. The fourth-order valence-electron chi connectivity index (χ4n) is 3.04. The lowest BCUT2D eigenvalue weighted by Gasteiger charge is -2.16. The normalized spacial score (nSPS) is 12.5. The highest BCUT2D eigenvalue weighted by molar-refractivity contribution is 9.10. The van der Waals surface area contributed by atoms with Crippen molar-refractivity contribution >= 4 is 50.6 Å². The molecule has 1 aromatic heterocycles. The van der Waals surface area contributed by atoms with Crippen LogP contribution in [0.4, 0.5) is 0 Å². The Hall–Kier alpha value is -2.91. The number of carboxylic acid groups (broad SMARTS) is 1. The van der Waals surface area contributed by atoms with Crippen molar-refractivity contribution in [3.8, 4) is 11.5 Å². The number of aromatic nitrogens is 2. The molecule has 0 saturated heterocycles. The van der Waals surface area contributed by atoms with Crippen LogP contribution in [0.25, 0.3) is 10.9 Å². The van der Waals surface area contributed by atoms with Gasteiger partial charge in [0.25, 0.3) is 5.56 Å². The summed E-state index contributed by atoms with van der Waals surface area (Å²) in [6.45, 7) is 7.35. The Balaban J connectivity index is 2.09. The SMILES string of the molecule is CCOc1cc(C=Nn2c(C(C)C)nc3ccc(Br)cc3c2=O)cc(Cl)c1O[C@H](C)C(=O)O. The number of hydrogen-bond acceptors (Lipinski definition) is 6. The molecule has 0 aliphatic carbocycles. The molecule has 0 saturated carbocycles. The Morgan fingerprint density at radius 2 is 2.03 bits per heavy atom.